The number of Topliss-reactive ketones (excluding diaryl/α,β-unsaturated/α-hetero) is 1. The smallest absolute Gasteiger partial charge is 0.364 e. The van der Waals surface area contributed by atoms with Crippen molar-refractivity contribution in [1.29, 1.82) is 0 Å². The van der Waals surface area contributed by atoms with E-state index in [0.29, 0.717) is 0 Å². The van der Waals surface area contributed by atoms with Crippen LogP contribution in [0.2, 0.25) is 0 Å². The molecule has 0 radical (unpaired) electrons. The van der Waals surface area contributed by atoms with E-state index in [-0.39, 0.29) is 12.2 Å². The second-order valence-electron chi connectivity index (χ2n) is 3.49. The maximum Gasteiger partial charge on any atom is 0.364 e. The highest BCUT2D eigenvalue weighted by Crippen LogP contribution is 2.03. The Kier molecular flexibility index (Phi) is 7.37. The molecular formula is C11H18N2O5. The number of oxime groups is 1. The number of ketones is 1. The lowest BCUT2D eigenvalue weighted by Crippen LogP contribution is -2.29. The molecule has 7 nitrogen and oxygen atoms in total. The number of carbonyl (C=O) groups is 2. The fraction of sp³-hybridized carbons (Fsp3) is 0.545. The summed E-state index contributed by atoms with van der Waals surface area (Å²) in [5.74, 6) is -1.46. The van der Waals surface area contributed by atoms with Crippen molar-refractivity contribution in [3.63, 3.8) is 0 Å². The number of esters is 1. The number of hydrogen-bond donors (Lipinski definition) is 0. The van der Waals surface area contributed by atoms with Crippen molar-refractivity contribution >= 4 is 17.5 Å². The third-order valence-electron chi connectivity index (χ3n) is 1.78. The van der Waals surface area contributed by atoms with Gasteiger partial charge in [-0.05, 0) is 0 Å². The zero-order valence-corrected chi connectivity index (χ0v) is 11.2. The monoisotopic (exact) mass is 258 g/mol. The molecule has 0 fully saturated rings. The van der Waals surface area contributed by atoms with Gasteiger partial charge in [0.05, 0.1) is 13.7 Å². The lowest BCUT2D eigenvalue weighted by atomic mass is 10.1. The van der Waals surface area contributed by atoms with Gasteiger partial charge in [-0.2, -0.15) is 0 Å². The molecule has 0 aliphatic heterocycles. The highest BCUT2D eigenvalue weighted by atomic mass is 16.6. The largest absolute Gasteiger partial charge is 0.464 e. The first-order chi connectivity index (χ1) is 8.47. The first kappa shape index (κ1) is 16.1. The van der Waals surface area contributed by atoms with Gasteiger partial charge in [0, 0.05) is 33.0 Å². The summed E-state index contributed by atoms with van der Waals surface area (Å²) in [6.45, 7) is 0.0523. The first-order valence-corrected chi connectivity index (χ1v) is 5.08. The van der Waals surface area contributed by atoms with Gasteiger partial charge in [0.1, 0.15) is 7.11 Å². The first-order valence-electron chi connectivity index (χ1n) is 5.08. The summed E-state index contributed by atoms with van der Waals surface area (Å²) in [7, 11) is 7.33. The molecule has 0 spiro atoms. The molecule has 0 saturated heterocycles. The third kappa shape index (κ3) is 4.96. The van der Waals surface area contributed by atoms with Gasteiger partial charge >= 0.3 is 5.97 Å². The molecule has 18 heavy (non-hydrogen) atoms. The van der Waals surface area contributed by atoms with Gasteiger partial charge in [0.25, 0.3) is 0 Å². The van der Waals surface area contributed by atoms with E-state index in [9.17, 15) is 9.59 Å². The topological polar surface area (TPSA) is 77.4 Å². The summed E-state index contributed by atoms with van der Waals surface area (Å²) in [4.78, 5) is 29.6. The molecule has 0 bridgehead atoms. The summed E-state index contributed by atoms with van der Waals surface area (Å²) < 4.78 is 9.37. The van der Waals surface area contributed by atoms with Crippen molar-refractivity contribution in [3.8, 4) is 0 Å². The second-order valence-corrected chi connectivity index (χ2v) is 3.49. The van der Waals surface area contributed by atoms with E-state index in [1.807, 2.05) is 0 Å². The molecule has 102 valence electrons. The number of ether oxygens (including phenoxy) is 2. The van der Waals surface area contributed by atoms with Crippen LogP contribution in [-0.2, 0) is 23.9 Å². The Labute approximate surface area is 106 Å². The van der Waals surface area contributed by atoms with Crippen LogP contribution >= 0.6 is 0 Å². The minimum atomic E-state index is -0.859. The van der Waals surface area contributed by atoms with Crippen LogP contribution in [0.15, 0.2) is 16.9 Å². The number of hydrogen-bond acceptors (Lipinski definition) is 7. The predicted molar refractivity (Wildman–Crippen MR) is 65.1 cm³/mol. The number of nitrogens with zero attached hydrogens (tertiary/aromatic N) is 2. The molecule has 0 aliphatic rings. The molecule has 7 heteroatoms. The SMILES string of the molecule is COCC(=CN(C)C)C(=O)C(=NOC)C(=O)OC. The Morgan fingerprint density at radius 3 is 2.22 bits per heavy atom. The van der Waals surface area contributed by atoms with E-state index in [1.54, 1.807) is 25.2 Å². The quantitative estimate of drug-likeness (QED) is 0.207. The highest BCUT2D eigenvalue weighted by molar-refractivity contribution is 6.67. The van der Waals surface area contributed by atoms with Crippen LogP contribution in [0.25, 0.3) is 0 Å². The van der Waals surface area contributed by atoms with E-state index in [2.05, 4.69) is 14.7 Å². The highest BCUT2D eigenvalue weighted by Gasteiger charge is 2.25. The standard InChI is InChI=1S/C11H18N2O5/c1-13(2)6-8(7-16-3)10(14)9(12-18-5)11(15)17-4/h6H,7H2,1-5H3. The lowest BCUT2D eigenvalue weighted by Gasteiger charge is -2.10. The Hall–Kier alpha value is -1.89. The van der Waals surface area contributed by atoms with Crippen LogP contribution in [0.3, 0.4) is 0 Å². The molecule has 0 aromatic carbocycles. The molecule has 0 N–H and O–H groups in total. The van der Waals surface area contributed by atoms with Crippen molar-refractivity contribution in [3.05, 3.63) is 11.8 Å². The second kappa shape index (κ2) is 8.24. The fourth-order valence-electron chi connectivity index (χ4n) is 1.14. The van der Waals surface area contributed by atoms with Gasteiger partial charge in [-0.15, -0.1) is 0 Å². The Balaban J connectivity index is 5.27. The van der Waals surface area contributed by atoms with Crippen molar-refractivity contribution < 1.29 is 23.9 Å². The van der Waals surface area contributed by atoms with Crippen molar-refractivity contribution in [2.75, 3.05) is 42.0 Å². The molecule has 0 rings (SSSR count). The minimum Gasteiger partial charge on any atom is -0.464 e. The average molecular weight is 258 g/mol. The predicted octanol–water partition coefficient (Wildman–Crippen LogP) is -0.177. The molecule has 0 unspecified atom stereocenters. The molecule has 0 amide bonds. The van der Waals surface area contributed by atoms with Crippen LogP contribution < -0.4 is 0 Å². The van der Waals surface area contributed by atoms with E-state index < -0.39 is 17.5 Å². The van der Waals surface area contributed by atoms with Crippen LogP contribution in [0.5, 0.6) is 0 Å². The zero-order valence-electron chi connectivity index (χ0n) is 11.2. The average Bonchev–Trinajstić information content (AvgIpc) is 2.33. The van der Waals surface area contributed by atoms with E-state index in [1.165, 1.54) is 14.2 Å². The summed E-state index contributed by atoms with van der Waals surface area (Å²) >= 11 is 0. The third-order valence-corrected chi connectivity index (χ3v) is 1.78. The summed E-state index contributed by atoms with van der Waals surface area (Å²) in [6.07, 6.45) is 1.54. The molecule has 0 heterocycles. The Bertz CT molecular complexity index is 360. The van der Waals surface area contributed by atoms with Gasteiger partial charge < -0.3 is 19.2 Å². The van der Waals surface area contributed by atoms with Gasteiger partial charge in [-0.3, -0.25) is 4.79 Å². The number of carbonyl (C=O) groups excluding carboxylic acids is 2. The minimum absolute atomic E-state index is 0.0523. The maximum absolute atomic E-state index is 12.1. The molecule has 0 atom stereocenters. The fourth-order valence-corrected chi connectivity index (χ4v) is 1.14. The normalized spacial score (nSPS) is 12.1. The Morgan fingerprint density at radius 1 is 1.22 bits per heavy atom. The van der Waals surface area contributed by atoms with Gasteiger partial charge in [0.2, 0.25) is 11.5 Å². The number of rotatable bonds is 7. The number of methoxy groups -OCH3 is 2. The lowest BCUT2D eigenvalue weighted by molar-refractivity contribution is -0.133. The van der Waals surface area contributed by atoms with E-state index >= 15 is 0 Å². The zero-order chi connectivity index (χ0) is 14.1. The van der Waals surface area contributed by atoms with E-state index in [4.69, 9.17) is 4.74 Å². The maximum atomic E-state index is 12.1. The van der Waals surface area contributed by atoms with E-state index in [0.717, 1.165) is 7.11 Å². The van der Waals surface area contributed by atoms with Crippen LogP contribution in [0.4, 0.5) is 0 Å². The molecule has 0 saturated carbocycles. The molecule has 0 aromatic rings. The van der Waals surface area contributed by atoms with Gasteiger partial charge in [-0.25, -0.2) is 4.79 Å². The molecule has 0 aliphatic carbocycles. The van der Waals surface area contributed by atoms with Crippen molar-refractivity contribution in [1.82, 2.24) is 4.90 Å². The summed E-state index contributed by atoms with van der Waals surface area (Å²) in [5.41, 5.74) is -0.158. The summed E-state index contributed by atoms with van der Waals surface area (Å²) in [5, 5.41) is 3.38. The van der Waals surface area contributed by atoms with Gasteiger partial charge in [0.15, 0.2) is 0 Å². The van der Waals surface area contributed by atoms with Crippen molar-refractivity contribution in [2.45, 2.75) is 0 Å². The molecule has 0 aromatic heterocycles. The van der Waals surface area contributed by atoms with Gasteiger partial charge in [-0.1, -0.05) is 5.16 Å². The van der Waals surface area contributed by atoms with Crippen LogP contribution in [-0.4, -0.2) is 64.4 Å². The molecular weight excluding hydrogens is 240 g/mol. The van der Waals surface area contributed by atoms with Crippen LogP contribution in [0.1, 0.15) is 0 Å². The van der Waals surface area contributed by atoms with Crippen LogP contribution in [0, 0.1) is 0 Å². The van der Waals surface area contributed by atoms with Crippen molar-refractivity contribution in [2.24, 2.45) is 5.16 Å². The Morgan fingerprint density at radius 2 is 1.83 bits per heavy atom. The summed E-state index contributed by atoms with van der Waals surface area (Å²) in [6, 6.07) is 0.